The minimum Gasteiger partial charge on any atom is -0.496 e. The van der Waals surface area contributed by atoms with Crippen molar-refractivity contribution in [1.82, 2.24) is 20.3 Å². The summed E-state index contributed by atoms with van der Waals surface area (Å²) in [5.74, 6) is 0.907. The highest BCUT2D eigenvalue weighted by atomic mass is 16.5. The highest BCUT2D eigenvalue weighted by molar-refractivity contribution is 5.36. The number of nitrogens with zero attached hydrogens (tertiary/aromatic N) is 3. The van der Waals surface area contributed by atoms with Gasteiger partial charge in [0, 0.05) is 31.3 Å². The molecule has 1 aromatic heterocycles. The van der Waals surface area contributed by atoms with Gasteiger partial charge < -0.3 is 10.1 Å². The van der Waals surface area contributed by atoms with E-state index in [1.807, 2.05) is 31.4 Å². The lowest BCUT2D eigenvalue weighted by Gasteiger charge is -2.20. The van der Waals surface area contributed by atoms with E-state index in [0.717, 1.165) is 36.4 Å². The summed E-state index contributed by atoms with van der Waals surface area (Å²) >= 11 is 0. The van der Waals surface area contributed by atoms with E-state index < -0.39 is 0 Å². The van der Waals surface area contributed by atoms with Crippen LogP contribution in [-0.2, 0) is 13.5 Å². The number of aryl methyl sites for hydroxylation is 1. The van der Waals surface area contributed by atoms with Crippen molar-refractivity contribution in [3.63, 3.8) is 0 Å². The number of methoxy groups -OCH3 is 1. The largest absolute Gasteiger partial charge is 0.496 e. The van der Waals surface area contributed by atoms with Crippen LogP contribution in [0.4, 0.5) is 0 Å². The molecule has 5 heteroatoms. The van der Waals surface area contributed by atoms with Crippen LogP contribution in [0.3, 0.4) is 0 Å². The zero-order valence-electron chi connectivity index (χ0n) is 12.3. The minimum atomic E-state index is 0.183. The molecule has 0 radical (unpaired) electrons. The molecule has 0 aliphatic heterocycles. The third kappa shape index (κ3) is 3.57. The average molecular weight is 274 g/mol. The lowest BCUT2D eigenvalue weighted by molar-refractivity contribution is 0.397. The second-order valence-electron chi connectivity index (χ2n) is 4.84. The lowest BCUT2D eigenvalue weighted by Crippen LogP contribution is -2.24. The third-order valence-electron chi connectivity index (χ3n) is 3.22. The number of ether oxygens (including phenoxy) is 1. The summed E-state index contributed by atoms with van der Waals surface area (Å²) in [6.45, 7) is 3.12. The predicted octanol–water partition coefficient (Wildman–Crippen LogP) is 2.11. The van der Waals surface area contributed by atoms with Crippen molar-refractivity contribution in [2.45, 2.75) is 25.8 Å². The molecular weight excluding hydrogens is 252 g/mol. The normalized spacial score (nSPS) is 12.3. The summed E-state index contributed by atoms with van der Waals surface area (Å²) in [6.07, 6.45) is 3.84. The highest BCUT2D eigenvalue weighted by Crippen LogP contribution is 2.26. The standard InChI is InChI=1S/C15H22N4O/c1-4-9-16-14(10-12-11-19(2)18-17-12)13-7-5-6-8-15(13)20-3/h5-8,11,14,16H,4,9-10H2,1-3H3. The summed E-state index contributed by atoms with van der Waals surface area (Å²) in [7, 11) is 3.59. The number of hydrogen-bond acceptors (Lipinski definition) is 4. The molecule has 20 heavy (non-hydrogen) atoms. The van der Waals surface area contributed by atoms with Crippen molar-refractivity contribution in [2.24, 2.45) is 7.05 Å². The quantitative estimate of drug-likeness (QED) is 0.840. The van der Waals surface area contributed by atoms with Crippen molar-refractivity contribution in [1.29, 1.82) is 0 Å². The molecule has 0 bridgehead atoms. The van der Waals surface area contributed by atoms with Gasteiger partial charge in [0.1, 0.15) is 5.75 Å². The molecule has 2 aromatic rings. The first-order chi connectivity index (χ1) is 9.74. The zero-order chi connectivity index (χ0) is 14.4. The van der Waals surface area contributed by atoms with Crippen molar-refractivity contribution in [3.8, 4) is 5.75 Å². The van der Waals surface area contributed by atoms with E-state index in [2.05, 4.69) is 28.6 Å². The Labute approximate surface area is 120 Å². The SMILES string of the molecule is CCCNC(Cc1cn(C)nn1)c1ccccc1OC. The van der Waals surface area contributed by atoms with E-state index in [0.29, 0.717) is 0 Å². The van der Waals surface area contributed by atoms with E-state index in [4.69, 9.17) is 4.74 Å². The van der Waals surface area contributed by atoms with Crippen LogP contribution in [0, 0.1) is 0 Å². The number of hydrogen-bond donors (Lipinski definition) is 1. The molecule has 1 atom stereocenters. The number of aromatic nitrogens is 3. The lowest BCUT2D eigenvalue weighted by atomic mass is 10.0. The maximum atomic E-state index is 5.47. The van der Waals surface area contributed by atoms with Crippen LogP contribution >= 0.6 is 0 Å². The summed E-state index contributed by atoms with van der Waals surface area (Å²) < 4.78 is 7.20. The van der Waals surface area contributed by atoms with Crippen molar-refractivity contribution in [3.05, 3.63) is 41.7 Å². The number of benzene rings is 1. The van der Waals surface area contributed by atoms with E-state index in [9.17, 15) is 0 Å². The number of para-hydroxylation sites is 1. The van der Waals surface area contributed by atoms with Crippen LogP contribution in [0.5, 0.6) is 5.75 Å². The first kappa shape index (κ1) is 14.5. The van der Waals surface area contributed by atoms with Crippen LogP contribution in [0.15, 0.2) is 30.5 Å². The first-order valence-electron chi connectivity index (χ1n) is 6.96. The van der Waals surface area contributed by atoms with E-state index in [-0.39, 0.29) is 6.04 Å². The second kappa shape index (κ2) is 7.05. The van der Waals surface area contributed by atoms with Gasteiger partial charge in [-0.1, -0.05) is 30.3 Å². The Kier molecular flexibility index (Phi) is 5.12. The fourth-order valence-electron chi connectivity index (χ4n) is 2.26. The fraction of sp³-hybridized carbons (Fsp3) is 0.467. The average Bonchev–Trinajstić information content (AvgIpc) is 2.88. The van der Waals surface area contributed by atoms with Crippen LogP contribution in [0.1, 0.15) is 30.6 Å². The Hall–Kier alpha value is -1.88. The second-order valence-corrected chi connectivity index (χ2v) is 4.84. The van der Waals surface area contributed by atoms with Gasteiger partial charge in [0.2, 0.25) is 0 Å². The fourth-order valence-corrected chi connectivity index (χ4v) is 2.26. The maximum absolute atomic E-state index is 5.47. The molecule has 0 saturated carbocycles. The molecule has 5 nitrogen and oxygen atoms in total. The summed E-state index contributed by atoms with van der Waals surface area (Å²) in [5, 5.41) is 11.7. The van der Waals surface area contributed by atoms with Crippen molar-refractivity contribution < 1.29 is 4.74 Å². The predicted molar refractivity (Wildman–Crippen MR) is 78.7 cm³/mol. The molecule has 0 amide bonds. The molecular formula is C15H22N4O. The molecule has 0 spiro atoms. The topological polar surface area (TPSA) is 52.0 Å². The Morgan fingerprint density at radius 1 is 1.35 bits per heavy atom. The van der Waals surface area contributed by atoms with Gasteiger partial charge in [0.25, 0.3) is 0 Å². The van der Waals surface area contributed by atoms with Gasteiger partial charge in [-0.3, -0.25) is 4.68 Å². The van der Waals surface area contributed by atoms with Gasteiger partial charge in [-0.05, 0) is 19.0 Å². The van der Waals surface area contributed by atoms with Gasteiger partial charge in [-0.15, -0.1) is 5.10 Å². The van der Waals surface area contributed by atoms with Gasteiger partial charge in [-0.2, -0.15) is 0 Å². The van der Waals surface area contributed by atoms with Crippen LogP contribution < -0.4 is 10.1 Å². The van der Waals surface area contributed by atoms with Gasteiger partial charge >= 0.3 is 0 Å². The van der Waals surface area contributed by atoms with Gasteiger partial charge in [0.05, 0.1) is 12.8 Å². The Morgan fingerprint density at radius 2 is 2.15 bits per heavy atom. The van der Waals surface area contributed by atoms with E-state index in [1.54, 1.807) is 11.8 Å². The van der Waals surface area contributed by atoms with Crippen LogP contribution in [0.2, 0.25) is 0 Å². The summed E-state index contributed by atoms with van der Waals surface area (Å²) in [6, 6.07) is 8.30. The molecule has 0 fully saturated rings. The molecule has 108 valence electrons. The zero-order valence-corrected chi connectivity index (χ0v) is 12.3. The molecule has 1 N–H and O–H groups in total. The molecule has 0 aliphatic rings. The number of rotatable bonds is 7. The van der Waals surface area contributed by atoms with Gasteiger partial charge in [0.15, 0.2) is 0 Å². The number of nitrogens with one attached hydrogen (secondary N) is 1. The molecule has 2 rings (SSSR count). The first-order valence-corrected chi connectivity index (χ1v) is 6.96. The highest BCUT2D eigenvalue weighted by Gasteiger charge is 2.17. The molecule has 1 unspecified atom stereocenters. The van der Waals surface area contributed by atoms with Crippen LogP contribution in [0.25, 0.3) is 0 Å². The Balaban J connectivity index is 2.22. The smallest absolute Gasteiger partial charge is 0.123 e. The van der Waals surface area contributed by atoms with Crippen molar-refractivity contribution >= 4 is 0 Å². The van der Waals surface area contributed by atoms with Crippen LogP contribution in [-0.4, -0.2) is 28.6 Å². The van der Waals surface area contributed by atoms with E-state index >= 15 is 0 Å². The van der Waals surface area contributed by atoms with Gasteiger partial charge in [-0.25, -0.2) is 0 Å². The molecule has 0 aliphatic carbocycles. The maximum Gasteiger partial charge on any atom is 0.123 e. The third-order valence-corrected chi connectivity index (χ3v) is 3.22. The monoisotopic (exact) mass is 274 g/mol. The summed E-state index contributed by atoms with van der Waals surface area (Å²) in [4.78, 5) is 0. The Bertz CT molecular complexity index is 538. The summed E-state index contributed by atoms with van der Waals surface area (Å²) in [5.41, 5.74) is 2.14. The minimum absolute atomic E-state index is 0.183. The molecule has 1 heterocycles. The van der Waals surface area contributed by atoms with Crippen molar-refractivity contribution in [2.75, 3.05) is 13.7 Å². The molecule has 0 saturated heterocycles. The molecule has 1 aromatic carbocycles. The Morgan fingerprint density at radius 3 is 2.80 bits per heavy atom. The van der Waals surface area contributed by atoms with E-state index in [1.165, 1.54) is 0 Å².